The minimum absolute atomic E-state index is 0.00411. The SMILES string of the molecule is Cc1ccc(C(C)C)c(N=C(N/N=C/c2ccc(-n3cc(NC(=O)c4ccc(OC(F)(F)F)cc4)c(C)n3)cc2C)SCOC(=O)C2CC2)c1. The van der Waals surface area contributed by atoms with Gasteiger partial charge < -0.3 is 14.8 Å². The first-order valence-corrected chi connectivity index (χ1v) is 16.9. The number of carbonyl (C=O) groups is 2. The molecule has 0 unspecified atom stereocenters. The Morgan fingerprint density at radius 2 is 1.80 bits per heavy atom. The average molecular weight is 707 g/mol. The second-order valence-electron chi connectivity index (χ2n) is 12.1. The van der Waals surface area contributed by atoms with Gasteiger partial charge in [-0.25, -0.2) is 9.67 Å². The van der Waals surface area contributed by atoms with Gasteiger partial charge in [-0.1, -0.05) is 32.0 Å². The summed E-state index contributed by atoms with van der Waals surface area (Å²) >= 11 is 1.26. The van der Waals surface area contributed by atoms with Gasteiger partial charge in [0.1, 0.15) is 11.7 Å². The van der Waals surface area contributed by atoms with Gasteiger partial charge >= 0.3 is 12.3 Å². The van der Waals surface area contributed by atoms with Crippen molar-refractivity contribution in [3.63, 3.8) is 0 Å². The second kappa shape index (κ2) is 15.6. The van der Waals surface area contributed by atoms with Crippen molar-refractivity contribution in [1.82, 2.24) is 15.2 Å². The molecule has 14 heteroatoms. The van der Waals surface area contributed by atoms with Crippen LogP contribution in [0.3, 0.4) is 0 Å². The quantitative estimate of drug-likeness (QED) is 0.0529. The molecule has 0 aliphatic heterocycles. The fraction of sp³-hybridized carbons (Fsp3) is 0.306. The van der Waals surface area contributed by atoms with Crippen molar-refractivity contribution in [2.75, 3.05) is 11.3 Å². The largest absolute Gasteiger partial charge is 0.573 e. The van der Waals surface area contributed by atoms with Gasteiger partial charge in [-0.15, -0.1) is 13.2 Å². The minimum Gasteiger partial charge on any atom is -0.454 e. The van der Waals surface area contributed by atoms with Gasteiger partial charge in [0.15, 0.2) is 5.17 Å². The van der Waals surface area contributed by atoms with Crippen LogP contribution in [0.2, 0.25) is 0 Å². The molecule has 0 spiro atoms. The predicted octanol–water partition coefficient (Wildman–Crippen LogP) is 8.33. The smallest absolute Gasteiger partial charge is 0.454 e. The molecule has 0 saturated heterocycles. The standard InChI is InChI=1S/C36H37F3N6O4S/c1-21(2)30-15-6-22(3)16-31(30)42-35(50-20-48-34(47)26-7-8-26)43-40-18-27-9-12-28(17-23(27)4)45-19-32(24(5)44-45)41-33(46)25-10-13-29(14-11-25)49-36(37,38)39/h6,9-19,21,26H,7-8,20H2,1-5H3,(H,41,46)(H,42,43)/b40-18+. The van der Waals surface area contributed by atoms with Crippen molar-refractivity contribution < 1.29 is 32.2 Å². The van der Waals surface area contributed by atoms with Crippen LogP contribution in [-0.4, -0.2) is 45.3 Å². The van der Waals surface area contributed by atoms with E-state index >= 15 is 0 Å². The van der Waals surface area contributed by atoms with Crippen LogP contribution in [0.5, 0.6) is 5.75 Å². The molecular formula is C36H37F3N6O4S. The number of hydrogen-bond donors (Lipinski definition) is 2. The van der Waals surface area contributed by atoms with Crippen molar-refractivity contribution in [3.8, 4) is 11.4 Å². The zero-order chi connectivity index (χ0) is 36.0. The Balaban J connectivity index is 1.26. The predicted molar refractivity (Wildman–Crippen MR) is 188 cm³/mol. The van der Waals surface area contributed by atoms with Crippen molar-refractivity contribution in [2.45, 2.75) is 59.7 Å². The number of thioether (sulfide) groups is 1. The van der Waals surface area contributed by atoms with Gasteiger partial charge in [0, 0.05) is 5.56 Å². The lowest BCUT2D eigenvalue weighted by Gasteiger charge is -2.12. The molecule has 1 saturated carbocycles. The number of nitrogens with one attached hydrogen (secondary N) is 2. The van der Waals surface area contributed by atoms with Crippen molar-refractivity contribution in [3.05, 3.63) is 100 Å². The first-order chi connectivity index (χ1) is 23.8. The Labute approximate surface area is 292 Å². The molecule has 262 valence electrons. The number of hydrogen-bond acceptors (Lipinski definition) is 8. The highest BCUT2D eigenvalue weighted by atomic mass is 32.2. The molecule has 1 aromatic heterocycles. The van der Waals surface area contributed by atoms with E-state index < -0.39 is 18.0 Å². The number of rotatable bonds is 11. The summed E-state index contributed by atoms with van der Waals surface area (Å²) < 4.78 is 48.3. The van der Waals surface area contributed by atoms with Crippen LogP contribution in [0.25, 0.3) is 5.69 Å². The maximum atomic E-state index is 12.8. The van der Waals surface area contributed by atoms with E-state index in [-0.39, 0.29) is 29.3 Å². The van der Waals surface area contributed by atoms with Gasteiger partial charge in [-0.05, 0) is 116 Å². The molecule has 1 fully saturated rings. The van der Waals surface area contributed by atoms with Crippen LogP contribution in [-0.2, 0) is 9.53 Å². The first kappa shape index (κ1) is 36.2. The normalized spacial score (nSPS) is 13.5. The number of nitrogens with zero attached hydrogens (tertiary/aromatic N) is 4. The highest BCUT2D eigenvalue weighted by Gasteiger charge is 2.32. The third kappa shape index (κ3) is 9.97. The zero-order valence-corrected chi connectivity index (χ0v) is 29.0. The van der Waals surface area contributed by atoms with Gasteiger partial charge in [0.05, 0.1) is 41.1 Å². The summed E-state index contributed by atoms with van der Waals surface area (Å²) in [5.74, 6) is -0.742. The third-order valence-electron chi connectivity index (χ3n) is 7.72. The average Bonchev–Trinajstić information content (AvgIpc) is 3.84. The molecular weight excluding hydrogens is 669 g/mol. The van der Waals surface area contributed by atoms with Gasteiger partial charge in [0.25, 0.3) is 5.91 Å². The molecule has 0 radical (unpaired) electrons. The maximum absolute atomic E-state index is 12.8. The maximum Gasteiger partial charge on any atom is 0.573 e. The monoisotopic (exact) mass is 706 g/mol. The van der Waals surface area contributed by atoms with Crippen LogP contribution >= 0.6 is 11.8 Å². The lowest BCUT2D eigenvalue weighted by atomic mass is 10.00. The number of hydrazone groups is 1. The van der Waals surface area contributed by atoms with Crippen molar-refractivity contribution in [2.24, 2.45) is 16.0 Å². The second-order valence-corrected chi connectivity index (χ2v) is 13.1. The lowest BCUT2D eigenvalue weighted by Crippen LogP contribution is -2.17. The molecule has 50 heavy (non-hydrogen) atoms. The first-order valence-electron chi connectivity index (χ1n) is 15.9. The topological polar surface area (TPSA) is 119 Å². The van der Waals surface area contributed by atoms with Gasteiger partial charge in [0.2, 0.25) is 0 Å². The number of alkyl halides is 3. The Kier molecular flexibility index (Phi) is 11.3. The van der Waals surface area contributed by atoms with Crippen LogP contribution in [0.4, 0.5) is 24.5 Å². The van der Waals surface area contributed by atoms with Crippen LogP contribution < -0.4 is 15.5 Å². The molecule has 1 aliphatic carbocycles. The molecule has 3 aromatic carbocycles. The van der Waals surface area contributed by atoms with E-state index in [9.17, 15) is 22.8 Å². The molecule has 1 amide bonds. The van der Waals surface area contributed by atoms with E-state index in [1.54, 1.807) is 24.0 Å². The van der Waals surface area contributed by atoms with Crippen LogP contribution in [0.15, 0.2) is 77.0 Å². The number of amidine groups is 1. The Morgan fingerprint density at radius 1 is 1.06 bits per heavy atom. The number of anilines is 1. The number of ether oxygens (including phenoxy) is 2. The number of aliphatic imine (C=N–C) groups is 1. The summed E-state index contributed by atoms with van der Waals surface area (Å²) in [4.78, 5) is 29.7. The number of carbonyl (C=O) groups excluding carboxylic acids is 2. The number of benzene rings is 3. The Hall–Kier alpha value is -5.11. The summed E-state index contributed by atoms with van der Waals surface area (Å²) in [6, 6.07) is 16.4. The molecule has 5 rings (SSSR count). The third-order valence-corrected chi connectivity index (χ3v) is 8.41. The fourth-order valence-corrected chi connectivity index (χ4v) is 5.41. The van der Waals surface area contributed by atoms with Gasteiger partial charge in [-0.2, -0.15) is 10.2 Å². The Morgan fingerprint density at radius 3 is 2.46 bits per heavy atom. The molecule has 1 heterocycles. The molecule has 0 atom stereocenters. The highest BCUT2D eigenvalue weighted by Crippen LogP contribution is 2.31. The molecule has 10 nitrogen and oxygen atoms in total. The van der Waals surface area contributed by atoms with E-state index in [0.717, 1.165) is 58.6 Å². The summed E-state index contributed by atoms with van der Waals surface area (Å²) in [7, 11) is 0. The summed E-state index contributed by atoms with van der Waals surface area (Å²) in [5, 5.41) is 12.2. The van der Waals surface area contributed by atoms with E-state index in [4.69, 9.17) is 9.73 Å². The van der Waals surface area contributed by atoms with E-state index in [1.165, 1.54) is 23.9 Å². The van der Waals surface area contributed by atoms with E-state index in [2.05, 4.69) is 51.7 Å². The highest BCUT2D eigenvalue weighted by molar-refractivity contribution is 8.13. The van der Waals surface area contributed by atoms with Gasteiger partial charge in [-0.3, -0.25) is 15.0 Å². The number of aromatic nitrogens is 2. The molecule has 2 N–H and O–H groups in total. The summed E-state index contributed by atoms with van der Waals surface area (Å²) in [6.07, 6.45) is 0.255. The van der Waals surface area contributed by atoms with Crippen molar-refractivity contribution >= 4 is 46.4 Å². The minimum atomic E-state index is -4.82. The summed E-state index contributed by atoms with van der Waals surface area (Å²) in [6.45, 7) is 9.89. The van der Waals surface area contributed by atoms with E-state index in [0.29, 0.717) is 16.5 Å². The number of amides is 1. The number of aryl methyl sites for hydroxylation is 3. The molecule has 0 bridgehead atoms. The van der Waals surface area contributed by atoms with Crippen molar-refractivity contribution in [1.29, 1.82) is 0 Å². The number of halogens is 3. The fourth-order valence-electron chi connectivity index (χ4n) is 4.84. The van der Waals surface area contributed by atoms with Crippen LogP contribution in [0, 0.1) is 26.7 Å². The molecule has 4 aromatic rings. The summed E-state index contributed by atoms with van der Waals surface area (Å²) in [5.41, 5.74) is 9.63. The number of esters is 1. The lowest BCUT2D eigenvalue weighted by molar-refractivity contribution is -0.274. The van der Waals surface area contributed by atoms with Crippen LogP contribution in [0.1, 0.15) is 70.9 Å². The zero-order valence-electron chi connectivity index (χ0n) is 28.2. The van der Waals surface area contributed by atoms with E-state index in [1.807, 2.05) is 38.1 Å². The molecule has 1 aliphatic rings. The Bertz CT molecular complexity index is 1920.